The quantitative estimate of drug-likeness (QED) is 0.487. The molecular weight excluding hydrogens is 383 g/mol. The molecule has 0 aromatic heterocycles. The minimum absolute atomic E-state index is 0.355. The van der Waals surface area contributed by atoms with E-state index < -0.39 is 0 Å². The maximum absolute atomic E-state index is 6.44. The van der Waals surface area contributed by atoms with Gasteiger partial charge in [-0.15, -0.1) is 0 Å². The van der Waals surface area contributed by atoms with Crippen LogP contribution in [-0.2, 0) is 14.9 Å². The van der Waals surface area contributed by atoms with E-state index in [4.69, 9.17) is 14.0 Å². The van der Waals surface area contributed by atoms with Crippen LogP contribution in [0.5, 0.6) is 5.75 Å². The van der Waals surface area contributed by atoms with Crippen molar-refractivity contribution < 1.29 is 14.0 Å². The normalized spacial score (nSPS) is 20.0. The zero-order valence-corrected chi connectivity index (χ0v) is 19.2. The van der Waals surface area contributed by atoms with Crippen molar-refractivity contribution in [3.8, 4) is 28.0 Å². The molecule has 2 aliphatic rings. The molecule has 0 atom stereocenters. The van der Waals surface area contributed by atoms with Gasteiger partial charge in [0, 0.05) is 11.1 Å². The fourth-order valence-corrected chi connectivity index (χ4v) is 4.43. The SMILES string of the molecule is CC1(C)Oc2cc(-c3cccc(B4OC(C)(C)C(C)(C)O4)c3)ccc2-c2ccccc21. The number of benzene rings is 3. The lowest BCUT2D eigenvalue weighted by Gasteiger charge is -2.35. The third-order valence-electron chi connectivity index (χ3n) is 6.96. The topological polar surface area (TPSA) is 27.7 Å². The van der Waals surface area contributed by atoms with Gasteiger partial charge in [0.1, 0.15) is 11.4 Å². The van der Waals surface area contributed by atoms with Crippen LogP contribution in [0.15, 0.2) is 66.7 Å². The third kappa shape index (κ3) is 3.29. The molecule has 31 heavy (non-hydrogen) atoms. The maximum atomic E-state index is 6.44. The van der Waals surface area contributed by atoms with E-state index in [1.54, 1.807) is 0 Å². The first-order valence-corrected chi connectivity index (χ1v) is 11.0. The summed E-state index contributed by atoms with van der Waals surface area (Å²) < 4.78 is 18.9. The van der Waals surface area contributed by atoms with Crippen molar-refractivity contribution in [1.29, 1.82) is 0 Å². The third-order valence-corrected chi connectivity index (χ3v) is 6.96. The predicted octanol–water partition coefficient (Wildman–Crippen LogP) is 5.95. The molecule has 0 N–H and O–H groups in total. The molecule has 1 fully saturated rings. The van der Waals surface area contributed by atoms with Gasteiger partial charge in [-0.25, -0.2) is 0 Å². The van der Waals surface area contributed by atoms with Gasteiger partial charge in [0.05, 0.1) is 11.2 Å². The Bertz CT molecular complexity index is 1150. The Morgan fingerprint density at radius 2 is 1.32 bits per heavy atom. The van der Waals surface area contributed by atoms with Crippen molar-refractivity contribution in [2.45, 2.75) is 58.3 Å². The second-order valence-electron chi connectivity index (χ2n) is 10.1. The van der Waals surface area contributed by atoms with Crippen molar-refractivity contribution in [3.63, 3.8) is 0 Å². The molecule has 2 heterocycles. The summed E-state index contributed by atoms with van der Waals surface area (Å²) in [6.07, 6.45) is 0. The number of rotatable bonds is 2. The van der Waals surface area contributed by atoms with Crippen LogP contribution in [0, 0.1) is 0 Å². The second-order valence-corrected chi connectivity index (χ2v) is 10.1. The first-order chi connectivity index (χ1) is 14.6. The van der Waals surface area contributed by atoms with Gasteiger partial charge >= 0.3 is 7.12 Å². The van der Waals surface area contributed by atoms with Crippen LogP contribution in [0.1, 0.15) is 47.1 Å². The molecule has 1 saturated heterocycles. The molecular formula is C27H29BO3. The van der Waals surface area contributed by atoms with E-state index in [-0.39, 0.29) is 23.9 Å². The summed E-state index contributed by atoms with van der Waals surface area (Å²) in [6, 6.07) is 23.4. The molecule has 0 spiro atoms. The first kappa shape index (κ1) is 20.4. The van der Waals surface area contributed by atoms with Crippen LogP contribution >= 0.6 is 0 Å². The van der Waals surface area contributed by atoms with Crippen LogP contribution < -0.4 is 10.2 Å². The molecule has 3 aromatic carbocycles. The van der Waals surface area contributed by atoms with Gasteiger partial charge in [-0.2, -0.15) is 0 Å². The lowest BCUT2D eigenvalue weighted by molar-refractivity contribution is 0.00578. The fraction of sp³-hybridized carbons (Fsp3) is 0.333. The summed E-state index contributed by atoms with van der Waals surface area (Å²) >= 11 is 0. The molecule has 0 bridgehead atoms. The van der Waals surface area contributed by atoms with E-state index in [1.807, 2.05) is 0 Å². The van der Waals surface area contributed by atoms with Crippen molar-refractivity contribution in [2.75, 3.05) is 0 Å². The van der Waals surface area contributed by atoms with Gasteiger partial charge in [-0.3, -0.25) is 0 Å². The second kappa shape index (κ2) is 6.72. The maximum Gasteiger partial charge on any atom is 0.494 e. The number of ether oxygens (including phenoxy) is 1. The lowest BCUT2D eigenvalue weighted by Crippen LogP contribution is -2.41. The fourth-order valence-electron chi connectivity index (χ4n) is 4.43. The summed E-state index contributed by atoms with van der Waals surface area (Å²) in [7, 11) is -0.371. The molecule has 5 rings (SSSR count). The summed E-state index contributed by atoms with van der Waals surface area (Å²) in [5.74, 6) is 0.919. The smallest absolute Gasteiger partial charge is 0.482 e. The van der Waals surface area contributed by atoms with Gasteiger partial charge < -0.3 is 14.0 Å². The van der Waals surface area contributed by atoms with Crippen molar-refractivity contribution in [3.05, 3.63) is 72.3 Å². The van der Waals surface area contributed by atoms with Crippen LogP contribution in [0.3, 0.4) is 0 Å². The minimum Gasteiger partial charge on any atom is -0.482 e. The number of hydrogen-bond acceptors (Lipinski definition) is 3. The van der Waals surface area contributed by atoms with E-state index in [1.165, 1.54) is 11.1 Å². The molecule has 3 aromatic rings. The zero-order chi connectivity index (χ0) is 22.0. The summed E-state index contributed by atoms with van der Waals surface area (Å²) in [5, 5.41) is 0. The van der Waals surface area contributed by atoms with Gasteiger partial charge in [0.2, 0.25) is 0 Å². The largest absolute Gasteiger partial charge is 0.494 e. The molecule has 0 saturated carbocycles. The molecule has 4 heteroatoms. The van der Waals surface area contributed by atoms with Gasteiger partial charge in [-0.1, -0.05) is 60.7 Å². The van der Waals surface area contributed by atoms with Crippen LogP contribution in [0.25, 0.3) is 22.3 Å². The van der Waals surface area contributed by atoms with E-state index >= 15 is 0 Å². The Kier molecular flexibility index (Phi) is 4.41. The zero-order valence-electron chi connectivity index (χ0n) is 19.2. The molecule has 3 nitrogen and oxygen atoms in total. The summed E-state index contributed by atoms with van der Waals surface area (Å²) in [5.41, 5.74) is 5.79. The average Bonchev–Trinajstić information content (AvgIpc) is 2.95. The Morgan fingerprint density at radius 1 is 0.645 bits per heavy atom. The Balaban J connectivity index is 1.52. The number of hydrogen-bond donors (Lipinski definition) is 0. The van der Waals surface area contributed by atoms with E-state index in [0.717, 1.165) is 27.9 Å². The molecule has 158 valence electrons. The molecule has 2 aliphatic heterocycles. The standard InChI is InChI=1S/C27H29BO3/c1-25(2)23-13-8-7-12-21(23)22-15-14-19(17-24(22)29-25)18-10-9-11-20(16-18)28-30-26(3,4)27(5,6)31-28/h7-17H,1-6H3. The van der Waals surface area contributed by atoms with Crippen LogP contribution in [-0.4, -0.2) is 18.3 Å². The first-order valence-electron chi connectivity index (χ1n) is 11.0. The summed E-state index contributed by atoms with van der Waals surface area (Å²) in [4.78, 5) is 0. The van der Waals surface area contributed by atoms with E-state index in [0.29, 0.717) is 0 Å². The average molecular weight is 412 g/mol. The van der Waals surface area contributed by atoms with Gasteiger partial charge in [0.25, 0.3) is 0 Å². The highest BCUT2D eigenvalue weighted by atomic mass is 16.7. The van der Waals surface area contributed by atoms with Crippen LogP contribution in [0.2, 0.25) is 0 Å². The predicted molar refractivity (Wildman–Crippen MR) is 127 cm³/mol. The van der Waals surface area contributed by atoms with Crippen molar-refractivity contribution >= 4 is 12.6 Å². The molecule has 0 aliphatic carbocycles. The van der Waals surface area contributed by atoms with E-state index in [2.05, 4.69) is 108 Å². The summed E-state index contributed by atoms with van der Waals surface area (Å²) in [6.45, 7) is 12.6. The Hall–Kier alpha value is -2.56. The van der Waals surface area contributed by atoms with E-state index in [9.17, 15) is 0 Å². The molecule has 0 amide bonds. The Morgan fingerprint density at radius 3 is 2.06 bits per heavy atom. The number of fused-ring (bicyclic) bond motifs is 3. The highest BCUT2D eigenvalue weighted by Crippen LogP contribution is 2.46. The van der Waals surface area contributed by atoms with Gasteiger partial charge in [0.15, 0.2) is 0 Å². The molecule has 0 unspecified atom stereocenters. The highest BCUT2D eigenvalue weighted by molar-refractivity contribution is 6.62. The molecule has 0 radical (unpaired) electrons. The van der Waals surface area contributed by atoms with Crippen molar-refractivity contribution in [2.24, 2.45) is 0 Å². The highest BCUT2D eigenvalue weighted by Gasteiger charge is 2.51. The van der Waals surface area contributed by atoms with Crippen molar-refractivity contribution in [1.82, 2.24) is 0 Å². The monoisotopic (exact) mass is 412 g/mol. The van der Waals surface area contributed by atoms with Crippen LogP contribution in [0.4, 0.5) is 0 Å². The minimum atomic E-state index is -0.371. The Labute approximate surface area is 185 Å². The van der Waals surface area contributed by atoms with Gasteiger partial charge in [-0.05, 0) is 69.8 Å². The lowest BCUT2D eigenvalue weighted by atomic mass is 9.78.